The zero-order valence-electron chi connectivity index (χ0n) is 15.5. The van der Waals surface area contributed by atoms with Crippen molar-refractivity contribution in [3.63, 3.8) is 0 Å². The molecule has 0 bridgehead atoms. The molecule has 0 saturated heterocycles. The second kappa shape index (κ2) is 14.6. The maximum Gasteiger partial charge on any atom is 0.119 e. The fourth-order valence-corrected chi connectivity index (χ4v) is 4.18. The van der Waals surface area contributed by atoms with Gasteiger partial charge in [-0.3, -0.25) is 0 Å². The number of aldehydes is 1. The van der Waals surface area contributed by atoms with E-state index in [1.54, 1.807) is 0 Å². The maximum atomic E-state index is 10.2. The smallest absolute Gasteiger partial charge is 0.119 e. The van der Waals surface area contributed by atoms with Crippen molar-refractivity contribution in [2.75, 3.05) is 11.5 Å². The fraction of sp³-hybridized carbons (Fsp3) is 0.667. The van der Waals surface area contributed by atoms with Gasteiger partial charge in [-0.1, -0.05) is 49.4 Å². The lowest BCUT2D eigenvalue weighted by atomic mass is 9.89. The largest absolute Gasteiger partial charge is 0.393 e. The van der Waals surface area contributed by atoms with Crippen molar-refractivity contribution in [3.05, 3.63) is 34.9 Å². The summed E-state index contributed by atoms with van der Waals surface area (Å²) in [5, 5.41) is 10.8. The van der Waals surface area contributed by atoms with Gasteiger partial charge in [-0.15, -0.1) is 0 Å². The van der Waals surface area contributed by atoms with E-state index in [2.05, 4.69) is 0 Å². The number of aliphatic hydroxyl groups excluding tert-OH is 1. The monoisotopic (exact) mass is 384 g/mol. The maximum absolute atomic E-state index is 10.2. The molecule has 1 N–H and O–H groups in total. The molecule has 0 aromatic heterocycles. The number of benzene rings is 1. The molecule has 4 heteroatoms. The van der Waals surface area contributed by atoms with Crippen LogP contribution in [0.4, 0.5) is 0 Å². The van der Waals surface area contributed by atoms with E-state index in [1.165, 1.54) is 42.8 Å². The molecule has 0 saturated carbocycles. The average Bonchev–Trinajstić information content (AvgIpc) is 2.60. The first-order chi connectivity index (χ1) is 12.1. The Hall–Kier alpha value is -0.510. The van der Waals surface area contributed by atoms with Crippen LogP contribution in [0.1, 0.15) is 76.2 Å². The lowest BCUT2D eigenvalue weighted by molar-refractivity contribution is -0.107. The lowest BCUT2D eigenvalue weighted by Crippen LogP contribution is -2.14. The van der Waals surface area contributed by atoms with Crippen LogP contribution in [-0.2, 0) is 4.79 Å². The molecular formula is C21H33ClO2S. The van der Waals surface area contributed by atoms with Crippen molar-refractivity contribution < 1.29 is 9.90 Å². The summed E-state index contributed by atoms with van der Waals surface area (Å²) in [5.41, 5.74) is 1.19. The van der Waals surface area contributed by atoms with E-state index in [4.69, 9.17) is 11.6 Å². The van der Waals surface area contributed by atoms with Crippen LogP contribution in [0.2, 0.25) is 5.02 Å². The van der Waals surface area contributed by atoms with Crippen LogP contribution < -0.4 is 0 Å². The van der Waals surface area contributed by atoms with Crippen LogP contribution in [0.15, 0.2) is 24.3 Å². The van der Waals surface area contributed by atoms with Crippen LogP contribution in [0.3, 0.4) is 0 Å². The number of carbonyl (C=O) groups excluding carboxylic acids is 1. The van der Waals surface area contributed by atoms with E-state index in [0.29, 0.717) is 6.42 Å². The number of rotatable bonds is 15. The summed E-state index contributed by atoms with van der Waals surface area (Å²) in [4.78, 5) is 10.2. The van der Waals surface area contributed by atoms with Crippen molar-refractivity contribution in [3.8, 4) is 0 Å². The summed E-state index contributed by atoms with van der Waals surface area (Å²) in [6.07, 6.45) is 10.9. The summed E-state index contributed by atoms with van der Waals surface area (Å²) in [6.45, 7) is 1.88. The van der Waals surface area contributed by atoms with Gasteiger partial charge >= 0.3 is 0 Å². The van der Waals surface area contributed by atoms with Crippen molar-refractivity contribution >= 4 is 29.6 Å². The van der Waals surface area contributed by atoms with E-state index in [0.717, 1.165) is 37.0 Å². The molecule has 1 rings (SSSR count). The van der Waals surface area contributed by atoms with Crippen LogP contribution in [0.5, 0.6) is 0 Å². The first-order valence-corrected chi connectivity index (χ1v) is 11.1. The molecule has 142 valence electrons. The highest BCUT2D eigenvalue weighted by Gasteiger charge is 2.16. The van der Waals surface area contributed by atoms with Gasteiger partial charge in [-0.2, -0.15) is 11.8 Å². The molecule has 1 aromatic carbocycles. The molecule has 0 heterocycles. The first-order valence-electron chi connectivity index (χ1n) is 9.60. The molecule has 1 aromatic rings. The van der Waals surface area contributed by atoms with Crippen LogP contribution >= 0.6 is 23.4 Å². The highest BCUT2D eigenvalue weighted by atomic mass is 35.5. The number of carbonyl (C=O) groups is 1. The first kappa shape index (κ1) is 22.5. The number of unbranched alkanes of at least 4 members (excludes halogenated alkanes) is 6. The van der Waals surface area contributed by atoms with E-state index < -0.39 is 0 Å². The molecular weight excluding hydrogens is 352 g/mol. The van der Waals surface area contributed by atoms with Crippen molar-refractivity contribution in [2.24, 2.45) is 0 Å². The minimum Gasteiger partial charge on any atom is -0.393 e. The minimum absolute atomic E-state index is 0.208. The number of halogens is 1. The molecule has 25 heavy (non-hydrogen) atoms. The second-order valence-corrected chi connectivity index (χ2v) is 8.39. The Morgan fingerprint density at radius 2 is 1.60 bits per heavy atom. The number of aliphatic hydroxyl groups is 1. The molecule has 0 fully saturated rings. The number of hydrogen-bond donors (Lipinski definition) is 1. The summed E-state index contributed by atoms with van der Waals surface area (Å²) in [5.74, 6) is 2.63. The van der Waals surface area contributed by atoms with Gasteiger partial charge in [0.15, 0.2) is 0 Å². The van der Waals surface area contributed by atoms with E-state index in [9.17, 15) is 9.90 Å². The summed E-state index contributed by atoms with van der Waals surface area (Å²) in [7, 11) is 0. The quantitative estimate of drug-likeness (QED) is 0.287. The van der Waals surface area contributed by atoms with E-state index in [1.807, 2.05) is 43.0 Å². The zero-order valence-corrected chi connectivity index (χ0v) is 17.0. The number of thioether (sulfide) groups is 1. The molecule has 2 atom stereocenters. The molecule has 2 nitrogen and oxygen atoms in total. The highest BCUT2D eigenvalue weighted by Crippen LogP contribution is 2.27. The molecule has 0 aliphatic heterocycles. The fourth-order valence-electron chi connectivity index (χ4n) is 3.03. The zero-order chi connectivity index (χ0) is 18.3. The third kappa shape index (κ3) is 10.9. The molecule has 0 spiro atoms. The Balaban J connectivity index is 2.05. The van der Waals surface area contributed by atoms with Crippen LogP contribution in [0, 0.1) is 0 Å². The minimum atomic E-state index is -0.322. The molecule has 0 amide bonds. The van der Waals surface area contributed by atoms with Crippen LogP contribution in [0.25, 0.3) is 0 Å². The Morgan fingerprint density at radius 1 is 1.00 bits per heavy atom. The van der Waals surface area contributed by atoms with Gasteiger partial charge in [0.1, 0.15) is 6.29 Å². The topological polar surface area (TPSA) is 37.3 Å². The van der Waals surface area contributed by atoms with Gasteiger partial charge in [0, 0.05) is 17.4 Å². The van der Waals surface area contributed by atoms with Gasteiger partial charge in [-0.05, 0) is 61.8 Å². The van der Waals surface area contributed by atoms with Crippen molar-refractivity contribution in [1.82, 2.24) is 0 Å². The van der Waals surface area contributed by atoms with Crippen molar-refractivity contribution in [1.29, 1.82) is 0 Å². The van der Waals surface area contributed by atoms with Gasteiger partial charge in [0.2, 0.25) is 0 Å². The summed E-state index contributed by atoms with van der Waals surface area (Å²) in [6, 6.07) is 7.88. The second-order valence-electron chi connectivity index (χ2n) is 6.73. The SMILES string of the molecule is CC(O)C(CCCCCCCSCCCCC=O)c1ccc(Cl)cc1. The van der Waals surface area contributed by atoms with Crippen molar-refractivity contribution in [2.45, 2.75) is 76.7 Å². The van der Waals surface area contributed by atoms with Gasteiger partial charge in [0.05, 0.1) is 6.10 Å². The summed E-state index contributed by atoms with van der Waals surface area (Å²) >= 11 is 7.96. The third-order valence-electron chi connectivity index (χ3n) is 4.54. The predicted molar refractivity (Wildman–Crippen MR) is 111 cm³/mol. The normalized spacial score (nSPS) is 13.6. The van der Waals surface area contributed by atoms with Gasteiger partial charge < -0.3 is 9.90 Å². The summed E-state index contributed by atoms with van der Waals surface area (Å²) < 4.78 is 0. The third-order valence-corrected chi connectivity index (χ3v) is 5.95. The molecule has 0 aliphatic rings. The molecule has 0 aliphatic carbocycles. The highest BCUT2D eigenvalue weighted by molar-refractivity contribution is 7.99. The Morgan fingerprint density at radius 3 is 2.24 bits per heavy atom. The number of hydrogen-bond acceptors (Lipinski definition) is 3. The van der Waals surface area contributed by atoms with Crippen LogP contribution in [-0.4, -0.2) is 29.0 Å². The predicted octanol–water partition coefficient (Wildman–Crippen LogP) is 6.25. The van der Waals surface area contributed by atoms with Gasteiger partial charge in [0.25, 0.3) is 0 Å². The van der Waals surface area contributed by atoms with Gasteiger partial charge in [-0.25, -0.2) is 0 Å². The molecule has 2 unspecified atom stereocenters. The Labute approximate surface area is 162 Å². The Bertz CT molecular complexity index is 448. The van der Waals surface area contributed by atoms with E-state index >= 15 is 0 Å². The molecule has 0 radical (unpaired) electrons. The standard InChI is InChI=1S/C21H33ClO2S/c1-18(24)21(19-11-13-20(22)14-12-19)10-6-3-2-4-8-16-25-17-9-5-7-15-23/h11-15,18,21,24H,2-10,16-17H2,1H3. The Kier molecular flexibility index (Phi) is 13.2. The average molecular weight is 385 g/mol. The lowest BCUT2D eigenvalue weighted by Gasteiger charge is -2.20. The van der Waals surface area contributed by atoms with E-state index in [-0.39, 0.29) is 12.0 Å².